The lowest BCUT2D eigenvalue weighted by molar-refractivity contribution is -0.0988. The maximum Gasteiger partial charge on any atom is 0.101 e. The Kier molecular flexibility index (Phi) is 2.79. The smallest absolute Gasteiger partial charge is 0.101 e. The molecule has 1 saturated carbocycles. The maximum absolute atomic E-state index is 6.23. The second-order valence-corrected chi connectivity index (χ2v) is 6.63. The molecule has 3 rings (SSSR count). The largest absolute Gasteiger partial charge is 0.469 e. The molecule has 1 N–H and O–H groups in total. The second kappa shape index (κ2) is 4.10. The van der Waals surface area contributed by atoms with Crippen LogP contribution in [0, 0.1) is 12.3 Å². The van der Waals surface area contributed by atoms with E-state index >= 15 is 0 Å². The van der Waals surface area contributed by atoms with E-state index in [1.54, 1.807) is 0 Å². The molecule has 1 spiro atoms. The van der Waals surface area contributed by atoms with Gasteiger partial charge in [0, 0.05) is 12.1 Å². The standard InChI is InChI=1S/C15H23NO2/c1-11-8-12(9-17-11)13-15(18-7-6-16-13)5-4-14(2,3)10-15/h8-9,13,16H,4-7,10H2,1-3H3. The molecule has 2 heterocycles. The van der Waals surface area contributed by atoms with E-state index in [4.69, 9.17) is 9.15 Å². The highest BCUT2D eigenvalue weighted by Gasteiger charge is 2.51. The fourth-order valence-corrected chi connectivity index (χ4v) is 3.67. The number of furan rings is 1. The van der Waals surface area contributed by atoms with Crippen LogP contribution in [0.15, 0.2) is 16.7 Å². The molecule has 100 valence electrons. The minimum atomic E-state index is -0.0297. The van der Waals surface area contributed by atoms with E-state index in [0.29, 0.717) is 5.41 Å². The molecule has 0 amide bonds. The lowest BCUT2D eigenvalue weighted by atomic mass is 9.82. The molecule has 1 aromatic rings. The molecule has 1 saturated heterocycles. The van der Waals surface area contributed by atoms with E-state index in [1.165, 1.54) is 12.0 Å². The zero-order valence-corrected chi connectivity index (χ0v) is 11.6. The topological polar surface area (TPSA) is 34.4 Å². The predicted molar refractivity (Wildman–Crippen MR) is 70.5 cm³/mol. The van der Waals surface area contributed by atoms with Crippen molar-refractivity contribution in [1.29, 1.82) is 0 Å². The monoisotopic (exact) mass is 249 g/mol. The Labute approximate surface area is 109 Å². The van der Waals surface area contributed by atoms with Gasteiger partial charge < -0.3 is 14.5 Å². The molecule has 0 aromatic carbocycles. The summed E-state index contributed by atoms with van der Waals surface area (Å²) in [6.45, 7) is 8.44. The Morgan fingerprint density at radius 2 is 2.17 bits per heavy atom. The molecule has 2 aliphatic rings. The third kappa shape index (κ3) is 1.99. The zero-order valence-electron chi connectivity index (χ0n) is 11.6. The van der Waals surface area contributed by atoms with E-state index < -0.39 is 0 Å². The third-order valence-electron chi connectivity index (χ3n) is 4.45. The summed E-state index contributed by atoms with van der Waals surface area (Å²) in [5.74, 6) is 0.977. The zero-order chi connectivity index (χ0) is 12.8. The van der Waals surface area contributed by atoms with Gasteiger partial charge in [-0.2, -0.15) is 0 Å². The van der Waals surface area contributed by atoms with E-state index in [2.05, 4.69) is 25.2 Å². The number of hydrogen-bond donors (Lipinski definition) is 1. The maximum atomic E-state index is 6.23. The summed E-state index contributed by atoms with van der Waals surface area (Å²) in [6, 6.07) is 2.42. The lowest BCUT2D eigenvalue weighted by Gasteiger charge is -2.42. The predicted octanol–water partition coefficient (Wildman–Crippen LogP) is 3.20. The molecule has 3 nitrogen and oxygen atoms in total. The summed E-state index contributed by atoms with van der Waals surface area (Å²) >= 11 is 0. The van der Waals surface area contributed by atoms with Gasteiger partial charge in [0.05, 0.1) is 24.5 Å². The van der Waals surface area contributed by atoms with Crippen LogP contribution in [0.5, 0.6) is 0 Å². The van der Waals surface area contributed by atoms with Gasteiger partial charge in [0.25, 0.3) is 0 Å². The molecule has 18 heavy (non-hydrogen) atoms. The Balaban J connectivity index is 1.91. The highest BCUT2D eigenvalue weighted by atomic mass is 16.5. The van der Waals surface area contributed by atoms with Crippen LogP contribution in [0.2, 0.25) is 0 Å². The third-order valence-corrected chi connectivity index (χ3v) is 4.45. The van der Waals surface area contributed by atoms with Crippen LogP contribution in [0.3, 0.4) is 0 Å². The first-order valence-corrected chi connectivity index (χ1v) is 6.93. The van der Waals surface area contributed by atoms with Gasteiger partial charge in [-0.05, 0) is 37.7 Å². The molecule has 0 radical (unpaired) electrons. The van der Waals surface area contributed by atoms with Gasteiger partial charge in [0.15, 0.2) is 0 Å². The first-order valence-electron chi connectivity index (χ1n) is 6.93. The van der Waals surface area contributed by atoms with Gasteiger partial charge >= 0.3 is 0 Å². The fourth-order valence-electron chi connectivity index (χ4n) is 3.67. The summed E-state index contributed by atoms with van der Waals surface area (Å²) in [6.07, 6.45) is 5.39. The normalized spacial score (nSPS) is 35.2. The Morgan fingerprint density at radius 1 is 1.33 bits per heavy atom. The molecule has 2 atom stereocenters. The van der Waals surface area contributed by atoms with Gasteiger partial charge in [0.1, 0.15) is 5.76 Å². The highest BCUT2D eigenvalue weighted by molar-refractivity contribution is 5.23. The average molecular weight is 249 g/mol. The quantitative estimate of drug-likeness (QED) is 0.830. The lowest BCUT2D eigenvalue weighted by Crippen LogP contribution is -2.51. The number of ether oxygens (including phenoxy) is 1. The van der Waals surface area contributed by atoms with Gasteiger partial charge in [-0.1, -0.05) is 13.8 Å². The highest BCUT2D eigenvalue weighted by Crippen LogP contribution is 2.52. The van der Waals surface area contributed by atoms with Crippen molar-refractivity contribution in [2.45, 2.75) is 51.7 Å². The van der Waals surface area contributed by atoms with Crippen LogP contribution in [0.4, 0.5) is 0 Å². The first-order chi connectivity index (χ1) is 8.51. The van der Waals surface area contributed by atoms with Gasteiger partial charge in [-0.25, -0.2) is 0 Å². The molecule has 2 unspecified atom stereocenters. The molecule has 0 bridgehead atoms. The van der Waals surface area contributed by atoms with Gasteiger partial charge in [-0.3, -0.25) is 0 Å². The number of rotatable bonds is 1. The Hall–Kier alpha value is -0.800. The summed E-state index contributed by atoms with van der Waals surface area (Å²) in [4.78, 5) is 0. The number of aryl methyl sites for hydroxylation is 1. The van der Waals surface area contributed by atoms with E-state index in [-0.39, 0.29) is 11.6 Å². The molecule has 1 aromatic heterocycles. The molecule has 1 aliphatic carbocycles. The van der Waals surface area contributed by atoms with Crippen molar-refractivity contribution in [3.63, 3.8) is 0 Å². The Bertz CT molecular complexity index is 437. The summed E-state index contributed by atoms with van der Waals surface area (Å²) in [7, 11) is 0. The minimum Gasteiger partial charge on any atom is -0.469 e. The molecular weight excluding hydrogens is 226 g/mol. The van der Waals surface area contributed by atoms with Crippen LogP contribution in [-0.2, 0) is 4.74 Å². The molecule has 3 heteroatoms. The van der Waals surface area contributed by atoms with Crippen LogP contribution >= 0.6 is 0 Å². The van der Waals surface area contributed by atoms with Crippen molar-refractivity contribution in [3.05, 3.63) is 23.7 Å². The van der Waals surface area contributed by atoms with Gasteiger partial charge in [0.2, 0.25) is 0 Å². The summed E-state index contributed by atoms with van der Waals surface area (Å²) in [5.41, 5.74) is 1.60. The number of hydrogen-bond acceptors (Lipinski definition) is 3. The SMILES string of the molecule is Cc1cc(C2NCCOC23CCC(C)(C)C3)co1. The molecule has 2 fully saturated rings. The van der Waals surface area contributed by atoms with E-state index in [1.807, 2.05) is 13.2 Å². The van der Waals surface area contributed by atoms with Crippen LogP contribution in [0.1, 0.15) is 50.5 Å². The first kappa shape index (κ1) is 12.2. The van der Waals surface area contributed by atoms with Crippen LogP contribution in [0.25, 0.3) is 0 Å². The number of nitrogens with one attached hydrogen (secondary N) is 1. The fraction of sp³-hybridized carbons (Fsp3) is 0.733. The second-order valence-electron chi connectivity index (χ2n) is 6.63. The molecular formula is C15H23NO2. The molecule has 1 aliphatic heterocycles. The number of morpholine rings is 1. The summed E-state index contributed by atoms with van der Waals surface area (Å²) < 4.78 is 11.7. The van der Waals surface area contributed by atoms with Crippen molar-refractivity contribution in [2.24, 2.45) is 5.41 Å². The van der Waals surface area contributed by atoms with Crippen molar-refractivity contribution < 1.29 is 9.15 Å². The average Bonchev–Trinajstić information content (AvgIpc) is 2.85. The van der Waals surface area contributed by atoms with Crippen molar-refractivity contribution in [1.82, 2.24) is 5.32 Å². The van der Waals surface area contributed by atoms with Crippen molar-refractivity contribution >= 4 is 0 Å². The summed E-state index contributed by atoms with van der Waals surface area (Å²) in [5, 5.41) is 3.63. The van der Waals surface area contributed by atoms with Crippen molar-refractivity contribution in [3.8, 4) is 0 Å². The van der Waals surface area contributed by atoms with Gasteiger partial charge in [-0.15, -0.1) is 0 Å². The van der Waals surface area contributed by atoms with Crippen LogP contribution < -0.4 is 5.32 Å². The van der Waals surface area contributed by atoms with Crippen LogP contribution in [-0.4, -0.2) is 18.8 Å². The van der Waals surface area contributed by atoms with E-state index in [9.17, 15) is 0 Å². The Morgan fingerprint density at radius 3 is 2.78 bits per heavy atom. The van der Waals surface area contributed by atoms with Crippen molar-refractivity contribution in [2.75, 3.05) is 13.2 Å². The van der Waals surface area contributed by atoms with E-state index in [0.717, 1.165) is 31.8 Å². The minimum absolute atomic E-state index is 0.0297.